The Morgan fingerprint density at radius 3 is 3.00 bits per heavy atom. The zero-order valence-electron chi connectivity index (χ0n) is 14.4. The van der Waals surface area contributed by atoms with Crippen LogP contribution < -0.4 is 14.8 Å². The van der Waals surface area contributed by atoms with E-state index in [1.807, 2.05) is 29.0 Å². The number of nitrogens with one attached hydrogen (secondary N) is 1. The Morgan fingerprint density at radius 1 is 1.19 bits per heavy atom. The van der Waals surface area contributed by atoms with Crippen LogP contribution in [-0.4, -0.2) is 38.8 Å². The van der Waals surface area contributed by atoms with Crippen LogP contribution in [-0.2, 0) is 11.3 Å². The number of hydrogen-bond acceptors (Lipinski definition) is 6. The third-order valence-corrected chi connectivity index (χ3v) is 3.98. The maximum Gasteiger partial charge on any atom is 0.244 e. The third kappa shape index (κ3) is 3.95. The Kier molecular flexibility index (Phi) is 4.78. The van der Waals surface area contributed by atoms with E-state index in [0.717, 1.165) is 11.3 Å². The number of amides is 1. The Bertz CT molecular complexity index is 968. The highest BCUT2D eigenvalue weighted by molar-refractivity contribution is 5.91. The van der Waals surface area contributed by atoms with Crippen molar-refractivity contribution in [3.63, 3.8) is 0 Å². The molecular weight excluding hydrogens is 346 g/mol. The third-order valence-electron chi connectivity index (χ3n) is 3.98. The van der Waals surface area contributed by atoms with Crippen molar-refractivity contribution in [2.75, 3.05) is 13.3 Å². The molecule has 27 heavy (non-hydrogen) atoms. The SMILES string of the molecule is O=C(C=Cc1ccc2c(c1)OCO2)NCCn1ccnc1-c1cnccn1. The van der Waals surface area contributed by atoms with Crippen LogP contribution in [0.1, 0.15) is 5.56 Å². The summed E-state index contributed by atoms with van der Waals surface area (Å²) in [5.41, 5.74) is 1.56. The minimum atomic E-state index is -0.172. The highest BCUT2D eigenvalue weighted by atomic mass is 16.7. The Labute approximate surface area is 155 Å². The van der Waals surface area contributed by atoms with Gasteiger partial charge in [-0.2, -0.15) is 0 Å². The van der Waals surface area contributed by atoms with Crippen molar-refractivity contribution in [3.05, 3.63) is 60.8 Å². The van der Waals surface area contributed by atoms with Gasteiger partial charge in [-0.1, -0.05) is 6.07 Å². The number of aromatic nitrogens is 4. The quantitative estimate of drug-likeness (QED) is 0.673. The molecule has 8 heteroatoms. The van der Waals surface area contributed by atoms with Gasteiger partial charge >= 0.3 is 0 Å². The van der Waals surface area contributed by atoms with Gasteiger partial charge in [-0.25, -0.2) is 9.97 Å². The molecule has 0 atom stereocenters. The summed E-state index contributed by atoms with van der Waals surface area (Å²) >= 11 is 0. The summed E-state index contributed by atoms with van der Waals surface area (Å²) in [5, 5.41) is 2.86. The number of ether oxygens (including phenoxy) is 2. The molecule has 136 valence electrons. The number of nitrogens with zero attached hydrogens (tertiary/aromatic N) is 4. The molecule has 4 rings (SSSR count). The van der Waals surface area contributed by atoms with Gasteiger partial charge in [0, 0.05) is 44.0 Å². The maximum atomic E-state index is 12.0. The normalized spacial score (nSPS) is 12.4. The summed E-state index contributed by atoms with van der Waals surface area (Å²) in [6.45, 7) is 1.28. The van der Waals surface area contributed by atoms with E-state index >= 15 is 0 Å². The molecule has 0 saturated heterocycles. The second-order valence-corrected chi connectivity index (χ2v) is 5.77. The first-order valence-corrected chi connectivity index (χ1v) is 8.43. The van der Waals surface area contributed by atoms with Crippen LogP contribution >= 0.6 is 0 Å². The average Bonchev–Trinajstić information content (AvgIpc) is 3.36. The van der Waals surface area contributed by atoms with Gasteiger partial charge in [-0.05, 0) is 23.8 Å². The molecule has 0 bridgehead atoms. The molecule has 1 amide bonds. The Hall–Kier alpha value is -3.68. The smallest absolute Gasteiger partial charge is 0.244 e. The lowest BCUT2D eigenvalue weighted by molar-refractivity contribution is -0.116. The van der Waals surface area contributed by atoms with Crippen LogP contribution in [0.15, 0.2) is 55.3 Å². The molecule has 1 aromatic carbocycles. The minimum absolute atomic E-state index is 0.172. The van der Waals surface area contributed by atoms with Crippen LogP contribution in [0.4, 0.5) is 0 Å². The minimum Gasteiger partial charge on any atom is -0.454 e. The van der Waals surface area contributed by atoms with E-state index in [1.165, 1.54) is 6.08 Å². The highest BCUT2D eigenvalue weighted by Crippen LogP contribution is 2.32. The number of benzene rings is 1. The van der Waals surface area contributed by atoms with Crippen LogP contribution in [0.3, 0.4) is 0 Å². The van der Waals surface area contributed by atoms with Gasteiger partial charge in [-0.3, -0.25) is 9.78 Å². The number of hydrogen-bond donors (Lipinski definition) is 1. The number of rotatable bonds is 6. The largest absolute Gasteiger partial charge is 0.454 e. The van der Waals surface area contributed by atoms with Gasteiger partial charge in [0.2, 0.25) is 12.7 Å². The summed E-state index contributed by atoms with van der Waals surface area (Å²) in [6, 6.07) is 5.54. The van der Waals surface area contributed by atoms with Gasteiger partial charge in [0.1, 0.15) is 5.69 Å². The topological polar surface area (TPSA) is 91.2 Å². The van der Waals surface area contributed by atoms with Crippen LogP contribution in [0.5, 0.6) is 11.5 Å². The van der Waals surface area contributed by atoms with Crippen LogP contribution in [0.2, 0.25) is 0 Å². The number of carbonyl (C=O) groups is 1. The second-order valence-electron chi connectivity index (χ2n) is 5.77. The van der Waals surface area contributed by atoms with Crippen LogP contribution in [0, 0.1) is 0 Å². The second kappa shape index (κ2) is 7.69. The van der Waals surface area contributed by atoms with Crippen molar-refractivity contribution in [2.45, 2.75) is 6.54 Å². The van der Waals surface area contributed by atoms with Gasteiger partial charge in [0.15, 0.2) is 17.3 Å². The monoisotopic (exact) mass is 363 g/mol. The maximum absolute atomic E-state index is 12.0. The lowest BCUT2D eigenvalue weighted by Gasteiger charge is -2.07. The Morgan fingerprint density at radius 2 is 2.11 bits per heavy atom. The molecular formula is C19H17N5O3. The molecule has 1 aliphatic rings. The lowest BCUT2D eigenvalue weighted by atomic mass is 10.2. The summed E-state index contributed by atoms with van der Waals surface area (Å²) in [5.74, 6) is 1.95. The van der Waals surface area contributed by atoms with E-state index in [0.29, 0.717) is 30.4 Å². The molecule has 1 aliphatic heterocycles. The Balaban J connectivity index is 1.31. The fraction of sp³-hybridized carbons (Fsp3) is 0.158. The molecule has 0 fully saturated rings. The first kappa shape index (κ1) is 16.8. The fourth-order valence-corrected chi connectivity index (χ4v) is 2.68. The number of imidazole rings is 1. The average molecular weight is 363 g/mol. The van der Waals surface area contributed by atoms with E-state index in [9.17, 15) is 4.79 Å². The molecule has 0 aliphatic carbocycles. The van der Waals surface area contributed by atoms with E-state index < -0.39 is 0 Å². The van der Waals surface area contributed by atoms with Gasteiger partial charge in [0.25, 0.3) is 0 Å². The zero-order valence-corrected chi connectivity index (χ0v) is 14.4. The van der Waals surface area contributed by atoms with E-state index in [2.05, 4.69) is 20.3 Å². The summed E-state index contributed by atoms with van der Waals surface area (Å²) in [4.78, 5) is 24.6. The molecule has 2 aromatic heterocycles. The van der Waals surface area contributed by atoms with Crippen molar-refractivity contribution >= 4 is 12.0 Å². The summed E-state index contributed by atoms with van der Waals surface area (Å²) in [6.07, 6.45) is 11.7. The number of carbonyl (C=O) groups excluding carboxylic acids is 1. The fourth-order valence-electron chi connectivity index (χ4n) is 2.68. The highest BCUT2D eigenvalue weighted by Gasteiger charge is 2.12. The molecule has 3 aromatic rings. The van der Waals surface area contributed by atoms with Gasteiger partial charge in [0.05, 0.1) is 6.20 Å². The molecule has 8 nitrogen and oxygen atoms in total. The van der Waals surface area contributed by atoms with E-state index in [-0.39, 0.29) is 12.7 Å². The summed E-state index contributed by atoms with van der Waals surface area (Å²) in [7, 11) is 0. The van der Waals surface area contributed by atoms with Gasteiger partial charge < -0.3 is 19.4 Å². The predicted octanol–water partition coefficient (Wildman–Crippen LogP) is 1.90. The molecule has 0 unspecified atom stereocenters. The lowest BCUT2D eigenvalue weighted by Crippen LogP contribution is -2.25. The first-order chi connectivity index (χ1) is 13.3. The summed E-state index contributed by atoms with van der Waals surface area (Å²) < 4.78 is 12.5. The van der Waals surface area contributed by atoms with Crippen molar-refractivity contribution in [1.29, 1.82) is 0 Å². The molecule has 0 spiro atoms. The zero-order chi connectivity index (χ0) is 18.5. The molecule has 1 N–H and O–H groups in total. The van der Waals surface area contributed by atoms with Crippen molar-refractivity contribution in [1.82, 2.24) is 24.8 Å². The molecule has 3 heterocycles. The van der Waals surface area contributed by atoms with E-state index in [4.69, 9.17) is 9.47 Å². The van der Waals surface area contributed by atoms with Gasteiger partial charge in [-0.15, -0.1) is 0 Å². The molecule has 0 radical (unpaired) electrons. The van der Waals surface area contributed by atoms with E-state index in [1.54, 1.807) is 30.9 Å². The van der Waals surface area contributed by atoms with Crippen molar-refractivity contribution in [2.24, 2.45) is 0 Å². The first-order valence-electron chi connectivity index (χ1n) is 8.43. The standard InChI is InChI=1S/C19H17N5O3/c25-18(4-2-14-1-3-16-17(11-14)27-13-26-16)22-7-9-24-10-8-23-19(24)15-12-20-5-6-21-15/h1-6,8,10-12H,7,9,13H2,(H,22,25). The molecule has 0 saturated carbocycles. The van der Waals surface area contributed by atoms with Crippen molar-refractivity contribution in [3.8, 4) is 23.0 Å². The van der Waals surface area contributed by atoms with Crippen LogP contribution in [0.25, 0.3) is 17.6 Å². The predicted molar refractivity (Wildman–Crippen MR) is 97.9 cm³/mol. The van der Waals surface area contributed by atoms with Crippen molar-refractivity contribution < 1.29 is 14.3 Å². The number of fused-ring (bicyclic) bond motifs is 1.